The normalized spacial score (nSPS) is 14.6. The Bertz CT molecular complexity index is 3160. The van der Waals surface area contributed by atoms with Crippen molar-refractivity contribution in [2.45, 2.75) is 10.8 Å². The van der Waals surface area contributed by atoms with Crippen LogP contribution in [0.25, 0.3) is 60.9 Å². The van der Waals surface area contributed by atoms with Crippen LogP contribution in [0.3, 0.4) is 0 Å². The van der Waals surface area contributed by atoms with Crippen LogP contribution in [0.15, 0.2) is 212 Å². The first-order valence-electron chi connectivity index (χ1n) is 20.0. The van der Waals surface area contributed by atoms with Gasteiger partial charge in [-0.15, -0.1) is 0 Å². The molecule has 2 spiro atoms. The Kier molecular flexibility index (Phi) is 6.09. The van der Waals surface area contributed by atoms with Crippen molar-refractivity contribution in [3.63, 3.8) is 0 Å². The van der Waals surface area contributed by atoms with Gasteiger partial charge in [0.2, 0.25) is 0 Å². The molecule has 57 heavy (non-hydrogen) atoms. The Balaban J connectivity index is 1.16. The molecule has 1 heteroatoms. The van der Waals surface area contributed by atoms with Crippen LogP contribution in [0.5, 0.6) is 0 Å². The van der Waals surface area contributed by atoms with E-state index in [9.17, 15) is 0 Å². The number of hydrogen-bond donors (Lipinski definition) is 0. The fraction of sp³-hybridized carbons (Fsp3) is 0.0357. The van der Waals surface area contributed by atoms with Crippen molar-refractivity contribution in [1.29, 1.82) is 0 Å². The zero-order valence-electron chi connectivity index (χ0n) is 31.2. The van der Waals surface area contributed by atoms with Crippen LogP contribution < -0.4 is 0 Å². The van der Waals surface area contributed by atoms with Gasteiger partial charge in [-0.2, -0.15) is 0 Å². The topological polar surface area (TPSA) is 4.93 Å². The molecule has 3 aliphatic carbocycles. The van der Waals surface area contributed by atoms with E-state index in [0.717, 1.165) is 5.69 Å². The van der Waals surface area contributed by atoms with Crippen LogP contribution in [0, 0.1) is 0 Å². The SMILES string of the molecule is c1ccc2c(c1)-c1ccccc1C21c2ccccc2C2(c3ccccc3-c3ccccc32)c2c(-c3ccc(-n4c5ccccc5c5ccccc54)cc3)cccc21. The molecule has 1 nitrogen and oxygen atoms in total. The molecule has 0 aliphatic heterocycles. The standard InChI is InChI=1S/C56H35N/c1-7-23-45-39(16-1)40-17-2-8-24-46(40)55(45)49-27-11-12-28-50(49)56(47-25-9-3-18-41(47)42-19-4-10-26-48(42)56)54-38(22-15-29-51(54)55)36-32-34-37(35-33-36)57-52-30-13-5-20-43(52)44-21-6-14-31-53(44)57/h1-35H. The molecule has 0 atom stereocenters. The number of hydrogen-bond acceptors (Lipinski definition) is 0. The van der Waals surface area contributed by atoms with Crippen molar-refractivity contribution in [2.24, 2.45) is 0 Å². The summed E-state index contributed by atoms with van der Waals surface area (Å²) < 4.78 is 2.41. The van der Waals surface area contributed by atoms with Gasteiger partial charge >= 0.3 is 0 Å². The number of aromatic nitrogens is 1. The molecule has 0 amide bonds. The van der Waals surface area contributed by atoms with E-state index in [2.05, 4.69) is 217 Å². The summed E-state index contributed by atoms with van der Waals surface area (Å²) in [7, 11) is 0. The van der Waals surface area contributed by atoms with Crippen molar-refractivity contribution in [3.8, 4) is 39.1 Å². The molecule has 0 bridgehead atoms. The highest BCUT2D eigenvalue weighted by molar-refractivity contribution is 6.09. The fourth-order valence-corrected chi connectivity index (χ4v) is 11.5. The summed E-state index contributed by atoms with van der Waals surface area (Å²) in [6.45, 7) is 0. The van der Waals surface area contributed by atoms with Crippen molar-refractivity contribution < 1.29 is 0 Å². The summed E-state index contributed by atoms with van der Waals surface area (Å²) in [6.07, 6.45) is 0. The summed E-state index contributed by atoms with van der Waals surface area (Å²) >= 11 is 0. The first-order valence-corrected chi connectivity index (χ1v) is 20.0. The first-order chi connectivity index (χ1) is 28.3. The lowest BCUT2D eigenvalue weighted by atomic mass is 9.51. The average molecular weight is 722 g/mol. The number of para-hydroxylation sites is 2. The fourth-order valence-electron chi connectivity index (χ4n) is 11.5. The van der Waals surface area contributed by atoms with Crippen LogP contribution in [0.1, 0.15) is 44.5 Å². The minimum atomic E-state index is -0.543. The van der Waals surface area contributed by atoms with Gasteiger partial charge in [-0.25, -0.2) is 0 Å². The molecule has 0 unspecified atom stereocenters. The highest BCUT2D eigenvalue weighted by Crippen LogP contribution is 2.68. The molecule has 0 saturated carbocycles. The Labute approximate surface area is 331 Å². The van der Waals surface area contributed by atoms with Gasteiger partial charge in [0.15, 0.2) is 0 Å². The lowest BCUT2D eigenvalue weighted by molar-refractivity contribution is 0.634. The lowest BCUT2D eigenvalue weighted by Crippen LogP contribution is -2.44. The van der Waals surface area contributed by atoms with Gasteiger partial charge in [0.1, 0.15) is 0 Å². The molecule has 10 aromatic rings. The van der Waals surface area contributed by atoms with E-state index in [4.69, 9.17) is 0 Å². The third-order valence-corrected chi connectivity index (χ3v) is 13.5. The van der Waals surface area contributed by atoms with Crippen LogP contribution in [0.4, 0.5) is 0 Å². The van der Waals surface area contributed by atoms with Gasteiger partial charge in [0.05, 0.1) is 21.9 Å². The van der Waals surface area contributed by atoms with Crippen LogP contribution in [-0.4, -0.2) is 4.57 Å². The van der Waals surface area contributed by atoms with Gasteiger partial charge in [0, 0.05) is 16.5 Å². The van der Waals surface area contributed by atoms with Crippen LogP contribution >= 0.6 is 0 Å². The zero-order chi connectivity index (χ0) is 37.3. The van der Waals surface area contributed by atoms with E-state index >= 15 is 0 Å². The third-order valence-electron chi connectivity index (χ3n) is 13.5. The summed E-state index contributed by atoms with van der Waals surface area (Å²) in [5.74, 6) is 0. The van der Waals surface area contributed by atoms with Crippen molar-refractivity contribution in [1.82, 2.24) is 4.57 Å². The molecular weight excluding hydrogens is 687 g/mol. The molecule has 264 valence electrons. The van der Waals surface area contributed by atoms with Gasteiger partial charge in [0.25, 0.3) is 0 Å². The van der Waals surface area contributed by atoms with Gasteiger partial charge < -0.3 is 4.57 Å². The summed E-state index contributed by atoms with van der Waals surface area (Å²) in [5, 5.41) is 2.55. The van der Waals surface area contributed by atoms with Crippen molar-refractivity contribution >= 4 is 21.8 Å². The second-order valence-corrected chi connectivity index (χ2v) is 15.9. The molecular formula is C56H35N. The maximum absolute atomic E-state index is 2.45. The molecule has 0 radical (unpaired) electrons. The van der Waals surface area contributed by atoms with E-state index < -0.39 is 10.8 Å². The van der Waals surface area contributed by atoms with E-state index in [-0.39, 0.29) is 0 Å². The minimum absolute atomic E-state index is 0.504. The number of rotatable bonds is 2. The average Bonchev–Trinajstić information content (AvgIpc) is 3.89. The quantitative estimate of drug-likeness (QED) is 0.167. The molecule has 0 saturated heterocycles. The second kappa shape index (κ2) is 11.2. The maximum atomic E-state index is 2.45. The predicted octanol–water partition coefficient (Wildman–Crippen LogP) is 13.5. The van der Waals surface area contributed by atoms with Crippen LogP contribution in [-0.2, 0) is 10.8 Å². The van der Waals surface area contributed by atoms with E-state index in [1.165, 1.54) is 99.7 Å². The summed E-state index contributed by atoms with van der Waals surface area (Å²) in [4.78, 5) is 0. The Morgan fingerprint density at radius 3 is 1.14 bits per heavy atom. The first kappa shape index (κ1) is 31.0. The zero-order valence-corrected chi connectivity index (χ0v) is 31.2. The molecule has 1 heterocycles. The maximum Gasteiger partial charge on any atom is 0.0725 e. The third kappa shape index (κ3) is 3.70. The van der Waals surface area contributed by atoms with Crippen LogP contribution in [0.2, 0.25) is 0 Å². The Morgan fingerprint density at radius 2 is 0.632 bits per heavy atom. The second-order valence-electron chi connectivity index (χ2n) is 15.9. The summed E-state index contributed by atoms with van der Waals surface area (Å²) in [6, 6.07) is 80.0. The van der Waals surface area contributed by atoms with E-state index in [0.29, 0.717) is 0 Å². The van der Waals surface area contributed by atoms with Crippen molar-refractivity contribution in [2.75, 3.05) is 0 Å². The largest absolute Gasteiger partial charge is 0.309 e. The number of benzene rings is 9. The Hall–Kier alpha value is -7.22. The van der Waals surface area contributed by atoms with Gasteiger partial charge in [-0.3, -0.25) is 0 Å². The number of fused-ring (bicyclic) bond motifs is 19. The molecule has 9 aromatic carbocycles. The predicted molar refractivity (Wildman–Crippen MR) is 234 cm³/mol. The van der Waals surface area contributed by atoms with E-state index in [1.54, 1.807) is 0 Å². The molecule has 0 fully saturated rings. The minimum Gasteiger partial charge on any atom is -0.309 e. The van der Waals surface area contributed by atoms with Gasteiger partial charge in [-0.1, -0.05) is 188 Å². The number of nitrogens with zero attached hydrogens (tertiary/aromatic N) is 1. The molecule has 3 aliphatic rings. The monoisotopic (exact) mass is 721 g/mol. The lowest BCUT2D eigenvalue weighted by Gasteiger charge is -2.49. The van der Waals surface area contributed by atoms with Gasteiger partial charge in [-0.05, 0) is 102 Å². The smallest absolute Gasteiger partial charge is 0.0725 e. The molecule has 0 N–H and O–H groups in total. The Morgan fingerprint density at radius 1 is 0.263 bits per heavy atom. The summed E-state index contributed by atoms with van der Waals surface area (Å²) in [5.41, 5.74) is 21.2. The molecule has 1 aromatic heterocycles. The highest BCUT2D eigenvalue weighted by Gasteiger charge is 2.59. The van der Waals surface area contributed by atoms with Crippen molar-refractivity contribution in [3.05, 3.63) is 257 Å². The molecule has 13 rings (SSSR count). The van der Waals surface area contributed by atoms with E-state index in [1.807, 2.05) is 0 Å². The highest BCUT2D eigenvalue weighted by atomic mass is 15.0.